The molecule has 2 aliphatic rings. The van der Waals surface area contributed by atoms with E-state index in [1.54, 1.807) is 22.7 Å². The molecule has 0 unspecified atom stereocenters. The van der Waals surface area contributed by atoms with Crippen LogP contribution in [0.25, 0.3) is 100 Å². The summed E-state index contributed by atoms with van der Waals surface area (Å²) in [6.07, 6.45) is 22.2. The van der Waals surface area contributed by atoms with Crippen molar-refractivity contribution >= 4 is 92.5 Å². The number of aromatic nitrogens is 4. The first-order chi connectivity index (χ1) is 33.1. The molecule has 0 spiro atoms. The largest absolute Gasteiger partial charge is 2.00 e. The monoisotopic (exact) mass is 995 g/mol. The zero-order valence-corrected chi connectivity index (χ0v) is 41.6. The Morgan fingerprint density at radius 3 is 1.81 bits per heavy atom. The van der Waals surface area contributed by atoms with Gasteiger partial charge in [0.1, 0.15) is 11.5 Å². The van der Waals surface area contributed by atoms with Crippen LogP contribution in [0.3, 0.4) is 0 Å². The molecule has 2 aromatic carbocycles. The van der Waals surface area contributed by atoms with Gasteiger partial charge in [-0.15, -0.1) is 56.1 Å². The molecule has 8 aromatic rings. The number of nitrogens with zero attached hydrogens (tertiary/aromatic N) is 4. The molecule has 8 bridgehead atoms. The molecule has 0 aliphatic carbocycles. The van der Waals surface area contributed by atoms with Gasteiger partial charge in [0.2, 0.25) is 0 Å². The van der Waals surface area contributed by atoms with Crippen molar-refractivity contribution in [1.82, 2.24) is 19.9 Å². The van der Waals surface area contributed by atoms with Crippen LogP contribution in [-0.2, 0) is 17.1 Å². The van der Waals surface area contributed by atoms with Gasteiger partial charge in [-0.3, -0.25) is 0 Å². The maximum Gasteiger partial charge on any atom is 2.00 e. The SMILES string of the molecule is CCCCCCOc1csc(-c2cc(/C=C/c3c4nc(c(-c5ccccc5)c5ccc(cc6nc(c(-c7ccccc7)c7ccc3[n-]7)C=C6)[n-]5)C=C4)c(-c3cc(OCCCCCC)cs3)s2)c1.[Cu+2]. The first-order valence-corrected chi connectivity index (χ1v) is 26.1. The average Bonchev–Trinajstić information content (AvgIpc) is 4.21. The molecule has 0 saturated heterocycles. The second kappa shape index (κ2) is 22.4. The van der Waals surface area contributed by atoms with E-state index in [-0.39, 0.29) is 17.1 Å². The van der Waals surface area contributed by atoms with Gasteiger partial charge in [0.05, 0.1) is 40.9 Å². The first-order valence-electron chi connectivity index (χ1n) is 23.5. The van der Waals surface area contributed by atoms with Gasteiger partial charge in [0.15, 0.2) is 0 Å². The predicted molar refractivity (Wildman–Crippen MR) is 287 cm³/mol. The van der Waals surface area contributed by atoms with Crippen LogP contribution in [0.4, 0.5) is 0 Å². The summed E-state index contributed by atoms with van der Waals surface area (Å²) in [5.41, 5.74) is 12.8. The van der Waals surface area contributed by atoms with Crippen molar-refractivity contribution in [2.75, 3.05) is 13.2 Å². The van der Waals surface area contributed by atoms with Crippen molar-refractivity contribution in [1.29, 1.82) is 0 Å². The third kappa shape index (κ3) is 10.8. The van der Waals surface area contributed by atoms with Gasteiger partial charge in [-0.05, 0) is 88.7 Å². The van der Waals surface area contributed by atoms with Gasteiger partial charge in [0, 0.05) is 25.4 Å². The number of hydrogen-bond donors (Lipinski definition) is 0. The van der Waals surface area contributed by atoms with Crippen LogP contribution in [0.2, 0.25) is 0 Å². The molecule has 10 heteroatoms. The number of fused-ring (bicyclic) bond motifs is 8. The van der Waals surface area contributed by atoms with E-state index in [0.29, 0.717) is 0 Å². The fourth-order valence-electron chi connectivity index (χ4n) is 8.51. The molecule has 0 saturated carbocycles. The Morgan fingerprint density at radius 2 is 1.12 bits per heavy atom. The Hall–Kier alpha value is -6.00. The van der Waals surface area contributed by atoms with Crippen molar-refractivity contribution < 1.29 is 26.5 Å². The molecular formula is C58H52CuN4O2S3. The van der Waals surface area contributed by atoms with Crippen molar-refractivity contribution in [2.24, 2.45) is 0 Å². The van der Waals surface area contributed by atoms with E-state index in [9.17, 15) is 0 Å². The zero-order chi connectivity index (χ0) is 45.4. The Labute approximate surface area is 421 Å². The van der Waals surface area contributed by atoms with Gasteiger partial charge in [0.25, 0.3) is 0 Å². The van der Waals surface area contributed by atoms with Crippen molar-refractivity contribution in [3.8, 4) is 53.3 Å². The molecule has 6 nitrogen and oxygen atoms in total. The van der Waals surface area contributed by atoms with Crippen molar-refractivity contribution in [3.05, 3.63) is 154 Å². The number of hydrogen-bond acceptors (Lipinski definition) is 7. The summed E-state index contributed by atoms with van der Waals surface area (Å²) in [6.45, 7) is 5.95. The van der Waals surface area contributed by atoms with Crippen LogP contribution >= 0.6 is 34.0 Å². The molecule has 0 N–H and O–H groups in total. The summed E-state index contributed by atoms with van der Waals surface area (Å²) in [5.74, 6) is 1.87. The number of benzene rings is 2. The average molecular weight is 997 g/mol. The van der Waals surface area contributed by atoms with Crippen molar-refractivity contribution in [2.45, 2.75) is 65.2 Å². The normalized spacial score (nSPS) is 12.0. The van der Waals surface area contributed by atoms with Crippen molar-refractivity contribution in [3.63, 3.8) is 0 Å². The maximum absolute atomic E-state index is 6.28. The van der Waals surface area contributed by atoms with Crippen LogP contribution in [0.1, 0.15) is 99.1 Å². The van der Waals surface area contributed by atoms with Gasteiger partial charge in [-0.1, -0.05) is 156 Å². The third-order valence-corrected chi connectivity index (χ3v) is 15.3. The van der Waals surface area contributed by atoms with Crippen LogP contribution < -0.4 is 19.4 Å². The Balaban J connectivity index is 0.00000578. The summed E-state index contributed by atoms with van der Waals surface area (Å²) in [4.78, 5) is 25.9. The quantitative estimate of drug-likeness (QED) is 0.0630. The van der Waals surface area contributed by atoms with Gasteiger partial charge in [-0.2, -0.15) is 0 Å². The van der Waals surface area contributed by atoms with E-state index in [1.807, 2.05) is 29.5 Å². The standard InChI is InChI=1S/C58H52N4O2S3.Cu/c1-3-5-7-15-31-63-44-35-53(65-37-44)54-33-41(58(67-54)55-36-45(38-66-55)64-32-16-8-6-4-2)21-24-46-47-27-29-51(61-47)56(39-17-11-9-12-18-39)49-25-22-42(59-49)34-43-23-26-50(60-43)57(40-19-13-10-14-20-40)52-30-28-48(46)62-52;/h9-14,17-30,33-38H,3-8,15-16,31-32H2,1-2H3;/q-2;+2/b24-21+,42-34?,43-34?,47-46?,48-46?,56-49?,56-51?,57-50?,57-52?;. The summed E-state index contributed by atoms with van der Waals surface area (Å²) < 4.78 is 12.5. The van der Waals surface area contributed by atoms with E-state index >= 15 is 0 Å². The smallest absolute Gasteiger partial charge is 0.657 e. The topological polar surface area (TPSA) is 72.4 Å². The molecule has 2 aliphatic heterocycles. The van der Waals surface area contributed by atoms with E-state index in [0.717, 1.165) is 116 Å². The number of thiophene rings is 3. The van der Waals surface area contributed by atoms with Crippen LogP contribution in [0.15, 0.2) is 120 Å². The first kappa shape index (κ1) is 47.1. The summed E-state index contributed by atoms with van der Waals surface area (Å²) in [5, 5.41) is 4.29. The molecule has 8 heterocycles. The minimum absolute atomic E-state index is 0. The zero-order valence-electron chi connectivity index (χ0n) is 38.2. The van der Waals surface area contributed by atoms with E-state index in [1.165, 1.54) is 58.0 Å². The van der Waals surface area contributed by atoms with E-state index < -0.39 is 0 Å². The van der Waals surface area contributed by atoms with Crippen LogP contribution in [0, 0.1) is 0 Å². The number of ether oxygens (including phenoxy) is 2. The minimum atomic E-state index is 0. The van der Waals surface area contributed by atoms with Gasteiger partial charge < -0.3 is 19.4 Å². The Morgan fingerprint density at radius 1 is 0.529 bits per heavy atom. The Bertz CT molecular complexity index is 3210. The Kier molecular flexibility index (Phi) is 15.5. The molecule has 68 heavy (non-hydrogen) atoms. The molecule has 1 radical (unpaired) electrons. The number of unbranched alkanes of at least 4 members (excludes halogenated alkanes) is 6. The summed E-state index contributed by atoms with van der Waals surface area (Å²) in [7, 11) is 0. The second-order valence-corrected chi connectivity index (χ2v) is 19.7. The molecule has 0 fully saturated rings. The van der Waals surface area contributed by atoms with Crippen LogP contribution in [-0.4, -0.2) is 23.2 Å². The number of rotatable bonds is 18. The molecule has 345 valence electrons. The predicted octanol–water partition coefficient (Wildman–Crippen LogP) is 16.9. The second-order valence-electron chi connectivity index (χ2n) is 16.8. The fourth-order valence-corrected chi connectivity index (χ4v) is 11.5. The molecule has 0 amide bonds. The fraction of sp³-hybridized carbons (Fsp3) is 0.207. The summed E-state index contributed by atoms with van der Waals surface area (Å²) >= 11 is 5.28. The van der Waals surface area contributed by atoms with E-state index in [2.05, 4.69) is 152 Å². The molecule has 0 atom stereocenters. The van der Waals surface area contributed by atoms with Gasteiger partial charge >= 0.3 is 17.1 Å². The van der Waals surface area contributed by atoms with E-state index in [4.69, 9.17) is 29.4 Å². The molecule has 10 rings (SSSR count). The van der Waals surface area contributed by atoms with Crippen LogP contribution in [0.5, 0.6) is 11.5 Å². The summed E-state index contributed by atoms with van der Waals surface area (Å²) in [6, 6.07) is 38.0. The molecule has 6 aromatic heterocycles. The molecular weight excluding hydrogens is 944 g/mol. The maximum atomic E-state index is 6.28. The minimum Gasteiger partial charge on any atom is -0.657 e. The van der Waals surface area contributed by atoms with Gasteiger partial charge in [-0.25, -0.2) is 9.97 Å². The third-order valence-electron chi connectivity index (χ3n) is 11.9.